The van der Waals surface area contributed by atoms with Gasteiger partial charge in [0.05, 0.1) is 18.4 Å². The number of rotatable bonds is 7. The highest BCUT2D eigenvalue weighted by Crippen LogP contribution is 2.32. The van der Waals surface area contributed by atoms with Crippen molar-refractivity contribution in [2.75, 3.05) is 35.3 Å². The molecule has 1 aliphatic heterocycles. The molecular weight excluding hydrogens is 495 g/mol. The van der Waals surface area contributed by atoms with E-state index >= 15 is 0 Å². The summed E-state index contributed by atoms with van der Waals surface area (Å²) < 4.78 is 49.7. The molecule has 11 nitrogen and oxygen atoms in total. The van der Waals surface area contributed by atoms with Crippen molar-refractivity contribution in [2.45, 2.75) is 32.7 Å². The Morgan fingerprint density at radius 1 is 1.22 bits per heavy atom. The van der Waals surface area contributed by atoms with Crippen LogP contribution in [0.3, 0.4) is 0 Å². The maximum Gasteiger partial charge on any atom is 0.412 e. The largest absolute Gasteiger partial charge is 0.465 e. The number of hydrogen-bond donors (Lipinski definition) is 2. The summed E-state index contributed by atoms with van der Waals surface area (Å²) in [5.74, 6) is -0.622. The molecule has 1 aromatic carbocycles. The lowest BCUT2D eigenvalue weighted by atomic mass is 10.1. The van der Waals surface area contributed by atoms with E-state index in [0.717, 1.165) is 11.1 Å². The molecule has 14 heteroatoms. The predicted octanol–water partition coefficient (Wildman–Crippen LogP) is 4.15. The van der Waals surface area contributed by atoms with Gasteiger partial charge in [-0.05, 0) is 37.6 Å². The van der Waals surface area contributed by atoms with E-state index < -0.39 is 18.5 Å². The molecule has 3 heterocycles. The number of amides is 1. The van der Waals surface area contributed by atoms with Crippen molar-refractivity contribution in [3.63, 3.8) is 0 Å². The zero-order valence-electron chi connectivity index (χ0n) is 20.1. The maximum atomic E-state index is 14.6. The first kappa shape index (κ1) is 25.9. The molecule has 2 atom stereocenters. The molecule has 37 heavy (non-hydrogen) atoms. The summed E-state index contributed by atoms with van der Waals surface area (Å²) in [6.07, 6.45) is -0.371. The Kier molecular flexibility index (Phi) is 7.57. The Morgan fingerprint density at radius 3 is 2.51 bits per heavy atom. The van der Waals surface area contributed by atoms with Crippen molar-refractivity contribution in [2.24, 2.45) is 0 Å². The lowest BCUT2D eigenvalue weighted by Gasteiger charge is -2.35. The number of morpholine rings is 1. The number of carboxylic acid groups (broad SMARTS) is 1. The molecule has 4 rings (SSSR count). The summed E-state index contributed by atoms with van der Waals surface area (Å²) in [5, 5.41) is 20.2. The van der Waals surface area contributed by atoms with Crippen LogP contribution in [0.5, 0.6) is 5.75 Å². The van der Waals surface area contributed by atoms with E-state index in [4.69, 9.17) is 4.74 Å². The van der Waals surface area contributed by atoms with Crippen molar-refractivity contribution in [3.8, 4) is 16.9 Å². The Balaban J connectivity index is 1.67. The second-order valence-corrected chi connectivity index (χ2v) is 8.37. The van der Waals surface area contributed by atoms with Crippen LogP contribution >= 0.6 is 0 Å². The van der Waals surface area contributed by atoms with E-state index in [2.05, 4.69) is 30.2 Å². The molecule has 2 aromatic heterocycles. The molecule has 2 N–H and O–H groups in total. The number of benzene rings is 1. The minimum Gasteiger partial charge on any atom is -0.465 e. The highest BCUT2D eigenvalue weighted by Gasteiger charge is 2.25. The average Bonchev–Trinajstić information content (AvgIpc) is 2.84. The second kappa shape index (κ2) is 10.8. The summed E-state index contributed by atoms with van der Waals surface area (Å²) in [6, 6.07) is 6.98. The van der Waals surface area contributed by atoms with Crippen LogP contribution in [0.4, 0.5) is 41.4 Å². The average molecular weight is 519 g/mol. The molecule has 196 valence electrons. The van der Waals surface area contributed by atoms with E-state index in [9.17, 15) is 23.1 Å². The third-order valence-electron chi connectivity index (χ3n) is 5.45. The quantitative estimate of drug-likeness (QED) is 0.470. The van der Waals surface area contributed by atoms with Crippen LogP contribution in [0.1, 0.15) is 13.8 Å². The van der Waals surface area contributed by atoms with Gasteiger partial charge < -0.3 is 24.8 Å². The minimum atomic E-state index is -2.99. The number of nitrogens with one attached hydrogen (secondary N) is 1. The topological polar surface area (TPSA) is 126 Å². The second-order valence-electron chi connectivity index (χ2n) is 8.37. The van der Waals surface area contributed by atoms with Gasteiger partial charge in [0.15, 0.2) is 23.3 Å². The molecule has 3 aromatic rings. The summed E-state index contributed by atoms with van der Waals surface area (Å²) in [7, 11) is 1.28. The van der Waals surface area contributed by atoms with Gasteiger partial charge in [0.2, 0.25) is 5.95 Å². The number of alkyl halides is 2. The van der Waals surface area contributed by atoms with Gasteiger partial charge in [-0.15, -0.1) is 10.2 Å². The molecule has 0 aliphatic carbocycles. The van der Waals surface area contributed by atoms with Crippen molar-refractivity contribution in [1.82, 2.24) is 20.2 Å². The van der Waals surface area contributed by atoms with Gasteiger partial charge in [-0.2, -0.15) is 13.8 Å². The molecule has 1 saturated heterocycles. The zero-order valence-corrected chi connectivity index (χ0v) is 20.1. The molecule has 1 amide bonds. The van der Waals surface area contributed by atoms with Crippen LogP contribution in [-0.2, 0) is 4.74 Å². The van der Waals surface area contributed by atoms with E-state index in [1.807, 2.05) is 18.7 Å². The molecule has 1 fully saturated rings. The minimum absolute atomic E-state index is 0.0271. The SMILES string of the molecule is C[C@@H]1CN(c2ncc(F)c(Nc3cc(-c4ccc(OC(F)F)cc4)c(N(C)C(=O)O)nn3)n2)C[C@H](C)O1. The van der Waals surface area contributed by atoms with Crippen LogP contribution in [0, 0.1) is 5.82 Å². The Morgan fingerprint density at radius 2 is 1.89 bits per heavy atom. The zero-order chi connectivity index (χ0) is 26.7. The van der Waals surface area contributed by atoms with Crippen molar-refractivity contribution < 1.29 is 32.5 Å². The Bertz CT molecular complexity index is 1260. The lowest BCUT2D eigenvalue weighted by Crippen LogP contribution is -2.46. The highest BCUT2D eigenvalue weighted by atomic mass is 19.3. The van der Waals surface area contributed by atoms with Crippen LogP contribution in [0.15, 0.2) is 36.5 Å². The van der Waals surface area contributed by atoms with E-state index in [1.54, 1.807) is 0 Å². The summed E-state index contributed by atoms with van der Waals surface area (Å²) >= 11 is 0. The lowest BCUT2D eigenvalue weighted by molar-refractivity contribution is -0.0498. The van der Waals surface area contributed by atoms with Gasteiger partial charge in [0, 0.05) is 25.7 Å². The van der Waals surface area contributed by atoms with E-state index in [0.29, 0.717) is 24.6 Å². The van der Waals surface area contributed by atoms with Crippen molar-refractivity contribution in [3.05, 3.63) is 42.3 Å². The molecule has 1 aliphatic rings. The number of aromatic nitrogens is 4. The number of carbonyl (C=O) groups is 1. The first-order valence-corrected chi connectivity index (χ1v) is 11.2. The number of ether oxygens (including phenoxy) is 2. The number of halogens is 3. The van der Waals surface area contributed by atoms with Crippen LogP contribution in [-0.4, -0.2) is 70.3 Å². The van der Waals surface area contributed by atoms with Gasteiger partial charge in [-0.3, -0.25) is 4.90 Å². The number of hydrogen-bond acceptors (Lipinski definition) is 9. The number of nitrogens with zero attached hydrogens (tertiary/aromatic N) is 6. The smallest absolute Gasteiger partial charge is 0.412 e. The third-order valence-corrected chi connectivity index (χ3v) is 5.45. The van der Waals surface area contributed by atoms with E-state index in [-0.39, 0.29) is 41.0 Å². The molecule has 0 radical (unpaired) electrons. The van der Waals surface area contributed by atoms with E-state index in [1.165, 1.54) is 37.4 Å². The van der Waals surface area contributed by atoms with Crippen LogP contribution < -0.4 is 19.9 Å². The highest BCUT2D eigenvalue weighted by molar-refractivity contribution is 5.91. The Hall–Kier alpha value is -4.20. The Labute approximate surface area is 209 Å². The summed E-state index contributed by atoms with van der Waals surface area (Å²) in [5.41, 5.74) is 0.722. The fraction of sp³-hybridized carbons (Fsp3) is 0.348. The first-order valence-electron chi connectivity index (χ1n) is 11.2. The molecule has 0 unspecified atom stereocenters. The normalized spacial score (nSPS) is 17.5. The standard InChI is InChI=1S/C23H24F3N7O4/c1-12-10-33(11-13(2)36-12)22-27-9-17(24)19(29-22)28-18-8-16(20(31-30-18)32(3)23(34)35)14-4-6-15(7-5-14)37-21(25)26/h4-9,12-13,21H,10-11H2,1-3H3,(H,34,35)(H,27,28,29,30)/t12-,13+. The van der Waals surface area contributed by atoms with Gasteiger partial charge in [0.25, 0.3) is 0 Å². The van der Waals surface area contributed by atoms with Crippen LogP contribution in [0.2, 0.25) is 0 Å². The molecule has 0 bridgehead atoms. The molecule has 0 spiro atoms. The predicted molar refractivity (Wildman–Crippen MR) is 128 cm³/mol. The first-order chi connectivity index (χ1) is 17.6. The third kappa shape index (κ3) is 6.14. The van der Waals surface area contributed by atoms with Crippen molar-refractivity contribution in [1.29, 1.82) is 0 Å². The fourth-order valence-electron chi connectivity index (χ4n) is 3.87. The summed E-state index contributed by atoms with van der Waals surface area (Å²) in [4.78, 5) is 22.7. The van der Waals surface area contributed by atoms with Gasteiger partial charge >= 0.3 is 12.7 Å². The molecular formula is C23H24F3N7O4. The van der Waals surface area contributed by atoms with Gasteiger partial charge in [-0.25, -0.2) is 14.2 Å². The van der Waals surface area contributed by atoms with Crippen LogP contribution in [0.25, 0.3) is 11.1 Å². The molecule has 0 saturated carbocycles. The van der Waals surface area contributed by atoms with Crippen molar-refractivity contribution >= 4 is 29.5 Å². The van der Waals surface area contributed by atoms with Gasteiger partial charge in [0.1, 0.15) is 5.75 Å². The monoisotopic (exact) mass is 519 g/mol. The van der Waals surface area contributed by atoms with Gasteiger partial charge in [-0.1, -0.05) is 12.1 Å². The number of anilines is 4. The maximum absolute atomic E-state index is 14.6. The summed E-state index contributed by atoms with van der Waals surface area (Å²) in [6.45, 7) is 1.91. The fourth-order valence-corrected chi connectivity index (χ4v) is 3.87.